The van der Waals surface area contributed by atoms with Crippen LogP contribution in [0.15, 0.2) is 17.5 Å². The van der Waals surface area contributed by atoms with E-state index in [4.69, 9.17) is 4.74 Å². The molecule has 2 atom stereocenters. The highest BCUT2D eigenvalue weighted by Gasteiger charge is 2.17. The van der Waals surface area contributed by atoms with Crippen molar-refractivity contribution in [2.45, 2.75) is 44.8 Å². The molecule has 1 amide bonds. The number of amides is 1. The Hall–Kier alpha value is -0.870. The van der Waals surface area contributed by atoms with Crippen molar-refractivity contribution in [1.29, 1.82) is 0 Å². The zero-order valence-electron chi connectivity index (χ0n) is 10.1. The van der Waals surface area contributed by atoms with Gasteiger partial charge in [-0.25, -0.2) is 0 Å². The van der Waals surface area contributed by atoms with Gasteiger partial charge >= 0.3 is 0 Å². The number of ether oxygens (including phenoxy) is 1. The van der Waals surface area contributed by atoms with Gasteiger partial charge in [-0.2, -0.15) is 0 Å². The lowest BCUT2D eigenvalue weighted by Crippen LogP contribution is -2.26. The lowest BCUT2D eigenvalue weighted by Gasteiger charge is -2.13. The van der Waals surface area contributed by atoms with Crippen molar-refractivity contribution in [3.63, 3.8) is 0 Å². The summed E-state index contributed by atoms with van der Waals surface area (Å²) in [5.41, 5.74) is 0. The van der Waals surface area contributed by atoms with E-state index in [0.717, 1.165) is 25.9 Å². The van der Waals surface area contributed by atoms with Crippen molar-refractivity contribution < 1.29 is 9.53 Å². The number of thiophene rings is 1. The fourth-order valence-electron chi connectivity index (χ4n) is 2.09. The fraction of sp³-hybridized carbons (Fsp3) is 0.615. The second-order valence-corrected chi connectivity index (χ2v) is 5.46. The first kappa shape index (κ1) is 12.6. The molecule has 4 heteroatoms. The van der Waals surface area contributed by atoms with Crippen LogP contribution in [0, 0.1) is 0 Å². The molecular formula is C13H19NO2S. The van der Waals surface area contributed by atoms with Gasteiger partial charge < -0.3 is 10.1 Å². The largest absolute Gasteiger partial charge is 0.378 e. The van der Waals surface area contributed by atoms with Crippen LogP contribution in [0.25, 0.3) is 0 Å². The molecule has 0 bridgehead atoms. The number of hydrogen-bond donors (Lipinski definition) is 1. The van der Waals surface area contributed by atoms with Crippen molar-refractivity contribution >= 4 is 17.2 Å². The SMILES string of the molecule is C[C@@H](NC(=O)CC[C@@H]1CCCO1)c1cccs1. The minimum atomic E-state index is 0.118. The molecule has 2 rings (SSSR count). The summed E-state index contributed by atoms with van der Waals surface area (Å²) in [7, 11) is 0. The quantitative estimate of drug-likeness (QED) is 0.876. The molecule has 3 nitrogen and oxygen atoms in total. The average molecular weight is 253 g/mol. The molecule has 0 aliphatic carbocycles. The van der Waals surface area contributed by atoms with Crippen molar-refractivity contribution in [3.8, 4) is 0 Å². The molecule has 1 aliphatic rings. The van der Waals surface area contributed by atoms with E-state index in [2.05, 4.69) is 11.4 Å². The maximum Gasteiger partial charge on any atom is 0.220 e. The molecule has 1 N–H and O–H groups in total. The van der Waals surface area contributed by atoms with E-state index in [1.54, 1.807) is 11.3 Å². The lowest BCUT2D eigenvalue weighted by atomic mass is 10.1. The van der Waals surface area contributed by atoms with Crippen molar-refractivity contribution in [3.05, 3.63) is 22.4 Å². The van der Waals surface area contributed by atoms with Crippen LogP contribution in [-0.4, -0.2) is 18.6 Å². The zero-order chi connectivity index (χ0) is 12.1. The molecule has 17 heavy (non-hydrogen) atoms. The van der Waals surface area contributed by atoms with Gasteiger partial charge in [0.15, 0.2) is 0 Å². The summed E-state index contributed by atoms with van der Waals surface area (Å²) in [6.07, 6.45) is 3.97. The summed E-state index contributed by atoms with van der Waals surface area (Å²) in [6.45, 7) is 2.88. The standard InChI is InChI=1S/C13H19NO2S/c1-10(12-5-3-9-17-12)14-13(15)7-6-11-4-2-8-16-11/h3,5,9-11H,2,4,6-8H2,1H3,(H,14,15)/t10-,11+/m1/s1. The molecule has 2 heterocycles. The van der Waals surface area contributed by atoms with Gasteiger partial charge in [0, 0.05) is 17.9 Å². The third-order valence-electron chi connectivity index (χ3n) is 3.06. The monoisotopic (exact) mass is 253 g/mol. The first-order chi connectivity index (χ1) is 8.25. The van der Waals surface area contributed by atoms with E-state index in [9.17, 15) is 4.79 Å². The van der Waals surface area contributed by atoms with Crippen LogP contribution in [0.3, 0.4) is 0 Å². The Morgan fingerprint density at radius 3 is 3.24 bits per heavy atom. The van der Waals surface area contributed by atoms with Gasteiger partial charge in [-0.1, -0.05) is 6.07 Å². The Kier molecular flexibility index (Phi) is 4.57. The highest BCUT2D eigenvalue weighted by Crippen LogP contribution is 2.19. The molecule has 0 unspecified atom stereocenters. The van der Waals surface area contributed by atoms with Crippen LogP contribution in [0.5, 0.6) is 0 Å². The van der Waals surface area contributed by atoms with E-state index >= 15 is 0 Å². The van der Waals surface area contributed by atoms with E-state index in [-0.39, 0.29) is 11.9 Å². The molecule has 94 valence electrons. The van der Waals surface area contributed by atoms with Gasteiger partial charge in [-0.05, 0) is 37.6 Å². The topological polar surface area (TPSA) is 38.3 Å². The Bertz CT molecular complexity index is 344. The number of carbonyl (C=O) groups is 1. The minimum absolute atomic E-state index is 0.118. The molecule has 0 saturated carbocycles. The lowest BCUT2D eigenvalue weighted by molar-refractivity contribution is -0.122. The van der Waals surface area contributed by atoms with Crippen molar-refractivity contribution in [1.82, 2.24) is 5.32 Å². The summed E-state index contributed by atoms with van der Waals surface area (Å²) in [4.78, 5) is 12.9. The van der Waals surface area contributed by atoms with E-state index < -0.39 is 0 Å². The van der Waals surface area contributed by atoms with Crippen LogP contribution in [-0.2, 0) is 9.53 Å². The summed E-state index contributed by atoms with van der Waals surface area (Å²) in [5, 5.41) is 5.05. The molecule has 1 aromatic rings. The molecule has 0 aromatic carbocycles. The Morgan fingerprint density at radius 1 is 1.71 bits per heavy atom. The summed E-state index contributed by atoms with van der Waals surface area (Å²) < 4.78 is 5.50. The van der Waals surface area contributed by atoms with Gasteiger partial charge in [-0.15, -0.1) is 11.3 Å². The van der Waals surface area contributed by atoms with Crippen LogP contribution >= 0.6 is 11.3 Å². The molecule has 1 aliphatic heterocycles. The number of hydrogen-bond acceptors (Lipinski definition) is 3. The summed E-state index contributed by atoms with van der Waals surface area (Å²) >= 11 is 1.68. The van der Waals surface area contributed by atoms with Crippen LogP contribution in [0.1, 0.15) is 43.5 Å². The summed E-state index contributed by atoms with van der Waals surface area (Å²) in [6, 6.07) is 4.18. The zero-order valence-corrected chi connectivity index (χ0v) is 11.0. The van der Waals surface area contributed by atoms with Crippen molar-refractivity contribution in [2.75, 3.05) is 6.61 Å². The fourth-order valence-corrected chi connectivity index (χ4v) is 2.82. The van der Waals surface area contributed by atoms with Gasteiger partial charge in [0.05, 0.1) is 12.1 Å². The van der Waals surface area contributed by atoms with Gasteiger partial charge in [0.1, 0.15) is 0 Å². The van der Waals surface area contributed by atoms with Gasteiger partial charge in [0.25, 0.3) is 0 Å². The Morgan fingerprint density at radius 2 is 2.59 bits per heavy atom. The third kappa shape index (κ3) is 3.82. The second-order valence-electron chi connectivity index (χ2n) is 4.48. The van der Waals surface area contributed by atoms with Crippen molar-refractivity contribution in [2.24, 2.45) is 0 Å². The number of rotatable bonds is 5. The van der Waals surface area contributed by atoms with E-state index in [1.807, 2.05) is 18.4 Å². The molecule has 0 radical (unpaired) electrons. The van der Waals surface area contributed by atoms with E-state index in [0.29, 0.717) is 12.5 Å². The molecule has 1 fully saturated rings. The second kappa shape index (κ2) is 6.17. The number of nitrogens with one attached hydrogen (secondary N) is 1. The van der Waals surface area contributed by atoms with Crippen LogP contribution < -0.4 is 5.32 Å². The first-order valence-electron chi connectivity index (χ1n) is 6.20. The van der Waals surface area contributed by atoms with Crippen LogP contribution in [0.4, 0.5) is 0 Å². The van der Waals surface area contributed by atoms with Crippen LogP contribution in [0.2, 0.25) is 0 Å². The maximum atomic E-state index is 11.7. The molecule has 1 saturated heterocycles. The summed E-state index contributed by atoms with van der Waals surface area (Å²) in [5.74, 6) is 0.126. The Balaban J connectivity index is 1.69. The van der Waals surface area contributed by atoms with Gasteiger partial charge in [-0.3, -0.25) is 4.79 Å². The Labute approximate surface area is 106 Å². The minimum Gasteiger partial charge on any atom is -0.378 e. The predicted molar refractivity (Wildman–Crippen MR) is 69.1 cm³/mol. The molecular weight excluding hydrogens is 234 g/mol. The first-order valence-corrected chi connectivity index (χ1v) is 7.08. The maximum absolute atomic E-state index is 11.7. The highest BCUT2D eigenvalue weighted by atomic mass is 32.1. The average Bonchev–Trinajstić information content (AvgIpc) is 2.99. The third-order valence-corrected chi connectivity index (χ3v) is 4.12. The predicted octanol–water partition coefficient (Wildman–Crippen LogP) is 2.88. The number of carbonyl (C=O) groups excluding carboxylic acids is 1. The normalized spacial score (nSPS) is 21.4. The van der Waals surface area contributed by atoms with E-state index in [1.165, 1.54) is 4.88 Å². The molecule has 0 spiro atoms. The smallest absolute Gasteiger partial charge is 0.220 e. The van der Waals surface area contributed by atoms with Gasteiger partial charge in [0.2, 0.25) is 5.91 Å². The molecule has 1 aromatic heterocycles. The highest BCUT2D eigenvalue weighted by molar-refractivity contribution is 7.10.